The van der Waals surface area contributed by atoms with Crippen LogP contribution in [0.1, 0.15) is 5.56 Å². The number of nitrogens with zero attached hydrogens (tertiary/aromatic N) is 1. The van der Waals surface area contributed by atoms with E-state index < -0.39 is 0 Å². The van der Waals surface area contributed by atoms with E-state index in [2.05, 4.69) is 4.98 Å². The van der Waals surface area contributed by atoms with E-state index in [1.165, 1.54) is 6.07 Å². The maximum Gasteiger partial charge on any atom is 0.252 e. The Morgan fingerprint density at radius 3 is 2.86 bits per heavy atom. The Labute approximate surface area is 127 Å². The van der Waals surface area contributed by atoms with E-state index in [1.807, 2.05) is 28.8 Å². The predicted octanol–water partition coefficient (Wildman–Crippen LogP) is 1.75. The Morgan fingerprint density at radius 2 is 2.14 bits per heavy atom. The number of aromatic nitrogens is 2. The van der Waals surface area contributed by atoms with E-state index in [1.54, 1.807) is 7.11 Å². The number of methoxy groups -OCH3 is 1. The van der Waals surface area contributed by atoms with Crippen LogP contribution < -0.4 is 5.56 Å². The Bertz CT molecular complexity index is 721. The first kappa shape index (κ1) is 15.6. The third-order valence-electron chi connectivity index (χ3n) is 3.23. The number of nitrogens with one attached hydrogen (secondary N) is 1. The first-order valence-corrected chi connectivity index (χ1v) is 7.10. The molecular formula is C15H18N2O3S. The third kappa shape index (κ3) is 3.66. The van der Waals surface area contributed by atoms with Gasteiger partial charge in [0.15, 0.2) is 4.77 Å². The van der Waals surface area contributed by atoms with Crippen LogP contribution in [0.5, 0.6) is 0 Å². The molecular weight excluding hydrogens is 288 g/mol. The van der Waals surface area contributed by atoms with Crippen LogP contribution in [0, 0.1) is 4.77 Å². The number of rotatable bonds is 6. The molecule has 0 unspecified atom stereocenters. The van der Waals surface area contributed by atoms with Crippen LogP contribution in [0.4, 0.5) is 0 Å². The summed E-state index contributed by atoms with van der Waals surface area (Å²) in [6.45, 7) is 1.10. The van der Waals surface area contributed by atoms with Gasteiger partial charge in [0.25, 0.3) is 5.56 Å². The molecule has 112 valence electrons. The van der Waals surface area contributed by atoms with Gasteiger partial charge in [0.2, 0.25) is 0 Å². The number of aromatic amines is 1. The lowest BCUT2D eigenvalue weighted by Crippen LogP contribution is -2.17. The molecule has 0 fully saturated rings. The van der Waals surface area contributed by atoms with Crippen LogP contribution in [0.3, 0.4) is 0 Å². The maximum absolute atomic E-state index is 11.8. The van der Waals surface area contributed by atoms with Crippen molar-refractivity contribution in [2.75, 3.05) is 20.3 Å². The van der Waals surface area contributed by atoms with Crippen LogP contribution >= 0.6 is 12.2 Å². The highest BCUT2D eigenvalue weighted by atomic mass is 32.1. The van der Waals surface area contributed by atoms with E-state index in [4.69, 9.17) is 17.0 Å². The summed E-state index contributed by atoms with van der Waals surface area (Å²) in [4.78, 5) is 14.4. The lowest BCUT2D eigenvalue weighted by molar-refractivity contribution is 0.186. The average Bonchev–Trinajstić information content (AvgIpc) is 2.47. The van der Waals surface area contributed by atoms with Gasteiger partial charge in [0, 0.05) is 31.9 Å². The summed E-state index contributed by atoms with van der Waals surface area (Å²) in [6.07, 6.45) is 0.528. The Hall–Kier alpha value is -1.76. The second-order valence-corrected chi connectivity index (χ2v) is 4.99. The Kier molecular flexibility index (Phi) is 5.44. The van der Waals surface area contributed by atoms with E-state index in [0.717, 1.165) is 16.8 Å². The van der Waals surface area contributed by atoms with Crippen molar-refractivity contribution in [1.82, 2.24) is 9.55 Å². The first-order chi connectivity index (χ1) is 10.2. The van der Waals surface area contributed by atoms with Crippen LogP contribution in [-0.4, -0.2) is 35.0 Å². The summed E-state index contributed by atoms with van der Waals surface area (Å²) < 4.78 is 7.31. The highest BCUT2D eigenvalue weighted by molar-refractivity contribution is 7.71. The van der Waals surface area contributed by atoms with Crippen LogP contribution in [0.2, 0.25) is 0 Å². The molecule has 2 aromatic rings. The summed E-state index contributed by atoms with van der Waals surface area (Å²) in [5, 5.41) is 9.20. The monoisotopic (exact) mass is 306 g/mol. The largest absolute Gasteiger partial charge is 0.396 e. The Balaban J connectivity index is 2.62. The molecule has 2 rings (SSSR count). The molecule has 1 heterocycles. The van der Waals surface area contributed by atoms with E-state index in [0.29, 0.717) is 24.3 Å². The van der Waals surface area contributed by atoms with Gasteiger partial charge in [0.05, 0.1) is 12.3 Å². The van der Waals surface area contributed by atoms with Crippen molar-refractivity contribution in [3.8, 4) is 11.3 Å². The number of aliphatic hydroxyl groups is 1. The van der Waals surface area contributed by atoms with Crippen molar-refractivity contribution in [3.05, 3.63) is 51.0 Å². The summed E-state index contributed by atoms with van der Waals surface area (Å²) >= 11 is 5.25. The summed E-state index contributed by atoms with van der Waals surface area (Å²) in [5.41, 5.74) is 2.39. The number of benzene rings is 1. The molecule has 5 nitrogen and oxygen atoms in total. The van der Waals surface area contributed by atoms with Crippen LogP contribution in [-0.2, 0) is 17.7 Å². The molecule has 0 saturated heterocycles. The van der Waals surface area contributed by atoms with Gasteiger partial charge in [-0.15, -0.1) is 0 Å². The van der Waals surface area contributed by atoms with Crippen molar-refractivity contribution < 1.29 is 9.84 Å². The molecule has 6 heteroatoms. The third-order valence-corrected chi connectivity index (χ3v) is 3.55. The zero-order valence-electron chi connectivity index (χ0n) is 11.8. The van der Waals surface area contributed by atoms with Gasteiger partial charge in [0.1, 0.15) is 0 Å². The molecule has 0 aliphatic carbocycles. The fraction of sp³-hybridized carbons (Fsp3) is 0.333. The SMILES string of the molecule is COCCn1c(-c2ccccc2CCO)cc(=O)[nH]c1=S. The standard InChI is InChI=1S/C15H18N2O3S/c1-20-9-7-17-13(10-14(19)16-15(17)21)12-5-3-2-4-11(12)6-8-18/h2-5,10,18H,6-9H2,1H3,(H,16,19,21). The highest BCUT2D eigenvalue weighted by Gasteiger charge is 2.10. The fourth-order valence-electron chi connectivity index (χ4n) is 2.26. The predicted molar refractivity (Wildman–Crippen MR) is 84.0 cm³/mol. The molecule has 0 radical (unpaired) electrons. The molecule has 21 heavy (non-hydrogen) atoms. The van der Waals surface area contributed by atoms with Crippen molar-refractivity contribution in [2.45, 2.75) is 13.0 Å². The molecule has 0 amide bonds. The molecule has 0 spiro atoms. The average molecular weight is 306 g/mol. The molecule has 2 N–H and O–H groups in total. The summed E-state index contributed by atoms with van der Waals surface area (Å²) in [7, 11) is 1.62. The first-order valence-electron chi connectivity index (χ1n) is 6.69. The molecule has 0 bridgehead atoms. The second-order valence-electron chi connectivity index (χ2n) is 4.60. The van der Waals surface area contributed by atoms with Crippen LogP contribution in [0.15, 0.2) is 35.1 Å². The Morgan fingerprint density at radius 1 is 1.38 bits per heavy atom. The minimum Gasteiger partial charge on any atom is -0.396 e. The molecule has 0 atom stereocenters. The van der Waals surface area contributed by atoms with Gasteiger partial charge in [-0.25, -0.2) is 0 Å². The van der Waals surface area contributed by atoms with E-state index in [9.17, 15) is 9.90 Å². The van der Waals surface area contributed by atoms with Crippen molar-refractivity contribution in [1.29, 1.82) is 0 Å². The van der Waals surface area contributed by atoms with Crippen molar-refractivity contribution in [2.24, 2.45) is 0 Å². The topological polar surface area (TPSA) is 67.2 Å². The minimum atomic E-state index is -0.234. The number of hydrogen-bond donors (Lipinski definition) is 2. The van der Waals surface area contributed by atoms with Gasteiger partial charge in [-0.1, -0.05) is 24.3 Å². The van der Waals surface area contributed by atoms with Crippen molar-refractivity contribution in [3.63, 3.8) is 0 Å². The number of aliphatic hydroxyl groups excluding tert-OH is 1. The lowest BCUT2D eigenvalue weighted by atomic mass is 10.0. The molecule has 0 aliphatic heterocycles. The molecule has 0 aliphatic rings. The van der Waals surface area contributed by atoms with Gasteiger partial charge < -0.3 is 14.4 Å². The highest BCUT2D eigenvalue weighted by Crippen LogP contribution is 2.23. The quantitative estimate of drug-likeness (QED) is 0.798. The van der Waals surface area contributed by atoms with Gasteiger partial charge in [-0.2, -0.15) is 0 Å². The minimum absolute atomic E-state index is 0.0546. The van der Waals surface area contributed by atoms with E-state index >= 15 is 0 Å². The summed E-state index contributed by atoms with van der Waals surface area (Å²) in [6, 6.07) is 9.22. The van der Waals surface area contributed by atoms with E-state index in [-0.39, 0.29) is 12.2 Å². The fourth-order valence-corrected chi connectivity index (χ4v) is 2.55. The number of hydrogen-bond acceptors (Lipinski definition) is 4. The normalized spacial score (nSPS) is 10.8. The number of ether oxygens (including phenoxy) is 1. The van der Waals surface area contributed by atoms with Gasteiger partial charge in [-0.3, -0.25) is 9.78 Å². The number of H-pyrrole nitrogens is 1. The zero-order valence-corrected chi connectivity index (χ0v) is 12.7. The maximum atomic E-state index is 11.8. The lowest BCUT2D eigenvalue weighted by Gasteiger charge is -2.15. The van der Waals surface area contributed by atoms with Crippen molar-refractivity contribution >= 4 is 12.2 Å². The second kappa shape index (κ2) is 7.31. The molecule has 1 aromatic carbocycles. The smallest absolute Gasteiger partial charge is 0.252 e. The zero-order chi connectivity index (χ0) is 15.2. The van der Waals surface area contributed by atoms with Crippen LogP contribution in [0.25, 0.3) is 11.3 Å². The molecule has 0 saturated carbocycles. The van der Waals surface area contributed by atoms with Gasteiger partial charge >= 0.3 is 0 Å². The summed E-state index contributed by atoms with van der Waals surface area (Å²) in [5.74, 6) is 0. The van der Waals surface area contributed by atoms with Gasteiger partial charge in [-0.05, 0) is 24.2 Å². The molecule has 1 aromatic heterocycles.